The molecule has 1 aromatic rings. The van der Waals surface area contributed by atoms with Crippen LogP contribution in [0.4, 0.5) is 0 Å². The van der Waals surface area contributed by atoms with Crippen LogP contribution in [0.2, 0.25) is 0 Å². The van der Waals surface area contributed by atoms with Crippen LogP contribution in [-0.2, 0) is 4.79 Å². The van der Waals surface area contributed by atoms with E-state index in [9.17, 15) is 4.79 Å². The van der Waals surface area contributed by atoms with Crippen LogP contribution in [0.1, 0.15) is 5.56 Å². The van der Waals surface area contributed by atoms with E-state index in [1.807, 2.05) is 30.3 Å². The van der Waals surface area contributed by atoms with Crippen LogP contribution in [-0.4, -0.2) is 24.9 Å². The first kappa shape index (κ1) is 12.5. The van der Waals surface area contributed by atoms with Gasteiger partial charge in [-0.05, 0) is 23.8 Å². The van der Waals surface area contributed by atoms with Crippen LogP contribution in [0.5, 0.6) is 0 Å². The number of amides is 1. The molecule has 0 spiro atoms. The van der Waals surface area contributed by atoms with Gasteiger partial charge in [0.1, 0.15) is 11.6 Å². The Morgan fingerprint density at radius 2 is 2.19 bits per heavy atom. The number of nitriles is 1. The summed E-state index contributed by atoms with van der Waals surface area (Å²) in [5.41, 5.74) is 0.948. The molecule has 0 unspecified atom stereocenters. The zero-order chi connectivity index (χ0) is 12.1. The molecule has 0 aliphatic heterocycles. The molecule has 0 heterocycles. The number of hydrogen-bond acceptors (Lipinski definition) is 2. The maximum atomic E-state index is 11.6. The second-order valence-corrected chi connectivity index (χ2v) is 4.34. The number of carbonyl (C=O) groups is 1. The molecule has 16 heavy (non-hydrogen) atoms. The van der Waals surface area contributed by atoms with Crippen LogP contribution >= 0.6 is 15.9 Å². The lowest BCUT2D eigenvalue weighted by molar-refractivity contribution is -0.124. The van der Waals surface area contributed by atoms with Crippen LogP contribution < -0.4 is 0 Å². The number of carbonyl (C=O) groups excluding carboxylic acids is 1. The summed E-state index contributed by atoms with van der Waals surface area (Å²) in [6, 6.07) is 9.33. The number of likely N-dealkylation sites (N-methyl/N-ethyl adjacent to an activating group) is 1. The van der Waals surface area contributed by atoms with Gasteiger partial charge >= 0.3 is 0 Å². The Morgan fingerprint density at radius 3 is 2.69 bits per heavy atom. The van der Waals surface area contributed by atoms with E-state index in [1.165, 1.54) is 4.90 Å². The molecule has 1 amide bonds. The number of rotatable bonds is 2. The van der Waals surface area contributed by atoms with Gasteiger partial charge in [-0.2, -0.15) is 5.26 Å². The van der Waals surface area contributed by atoms with Crippen molar-refractivity contribution in [1.82, 2.24) is 4.90 Å². The van der Waals surface area contributed by atoms with E-state index >= 15 is 0 Å². The van der Waals surface area contributed by atoms with Crippen LogP contribution in [0.3, 0.4) is 0 Å². The predicted octanol–water partition coefficient (Wildman–Crippen LogP) is 2.44. The first-order chi connectivity index (χ1) is 7.54. The summed E-state index contributed by atoms with van der Waals surface area (Å²) in [6.07, 6.45) is 1.58. The van der Waals surface area contributed by atoms with E-state index in [-0.39, 0.29) is 11.5 Å². The van der Waals surface area contributed by atoms with Gasteiger partial charge in [-0.1, -0.05) is 28.1 Å². The maximum Gasteiger partial charge on any atom is 0.264 e. The first-order valence-electron chi connectivity index (χ1n) is 4.63. The van der Waals surface area contributed by atoms with Crippen molar-refractivity contribution in [3.63, 3.8) is 0 Å². The molecular weight excluding hydrogens is 268 g/mol. The zero-order valence-electron chi connectivity index (χ0n) is 9.07. The van der Waals surface area contributed by atoms with Gasteiger partial charge in [-0.3, -0.25) is 4.79 Å². The van der Waals surface area contributed by atoms with Crippen LogP contribution in [0, 0.1) is 11.3 Å². The minimum atomic E-state index is -0.289. The molecule has 0 bridgehead atoms. The van der Waals surface area contributed by atoms with Crippen molar-refractivity contribution in [1.29, 1.82) is 5.26 Å². The third kappa shape index (κ3) is 3.21. The molecule has 0 aliphatic rings. The highest BCUT2D eigenvalue weighted by Gasteiger charge is 2.10. The fourth-order valence-corrected chi connectivity index (χ4v) is 1.56. The number of nitrogens with zero attached hydrogens (tertiary/aromatic N) is 2. The van der Waals surface area contributed by atoms with E-state index < -0.39 is 0 Å². The molecule has 0 saturated heterocycles. The van der Waals surface area contributed by atoms with Gasteiger partial charge in [0.05, 0.1) is 0 Å². The van der Waals surface area contributed by atoms with Gasteiger partial charge < -0.3 is 4.90 Å². The molecular formula is C12H11BrN2O. The smallest absolute Gasteiger partial charge is 0.264 e. The van der Waals surface area contributed by atoms with Gasteiger partial charge in [0, 0.05) is 18.6 Å². The van der Waals surface area contributed by atoms with Crippen molar-refractivity contribution in [3.05, 3.63) is 39.9 Å². The summed E-state index contributed by atoms with van der Waals surface area (Å²) in [4.78, 5) is 13.0. The van der Waals surface area contributed by atoms with E-state index in [1.54, 1.807) is 20.2 Å². The maximum absolute atomic E-state index is 11.6. The Balaban J connectivity index is 3.07. The van der Waals surface area contributed by atoms with Crippen molar-refractivity contribution in [2.45, 2.75) is 0 Å². The lowest BCUT2D eigenvalue weighted by atomic mass is 10.1. The monoisotopic (exact) mass is 278 g/mol. The minimum absolute atomic E-state index is 0.128. The summed E-state index contributed by atoms with van der Waals surface area (Å²) in [5.74, 6) is -0.289. The standard InChI is InChI=1S/C12H11BrN2O/c1-15(2)12(16)10(8-14)6-9-4-3-5-11(13)7-9/h3-7H,1-2H3/b10-6-. The highest BCUT2D eigenvalue weighted by molar-refractivity contribution is 9.10. The van der Waals surface area contributed by atoms with E-state index in [0.29, 0.717) is 0 Å². The molecule has 0 atom stereocenters. The molecule has 0 N–H and O–H groups in total. The SMILES string of the molecule is CN(C)C(=O)/C(C#N)=C\c1cccc(Br)c1. The number of hydrogen-bond donors (Lipinski definition) is 0. The van der Waals surface area contributed by atoms with Gasteiger partial charge in [0.2, 0.25) is 0 Å². The molecule has 0 aromatic heterocycles. The average Bonchev–Trinajstić information content (AvgIpc) is 2.25. The van der Waals surface area contributed by atoms with Crippen molar-refractivity contribution in [2.75, 3.05) is 14.1 Å². The quantitative estimate of drug-likeness (QED) is 0.616. The summed E-state index contributed by atoms with van der Waals surface area (Å²) in [6.45, 7) is 0. The Bertz CT molecular complexity index is 472. The third-order valence-corrected chi connectivity index (χ3v) is 2.41. The largest absolute Gasteiger partial charge is 0.344 e. The molecule has 3 nitrogen and oxygen atoms in total. The lowest BCUT2D eigenvalue weighted by Gasteiger charge is -2.08. The second kappa shape index (κ2) is 5.47. The molecule has 0 fully saturated rings. The topological polar surface area (TPSA) is 44.1 Å². The number of halogens is 1. The zero-order valence-corrected chi connectivity index (χ0v) is 10.7. The van der Waals surface area contributed by atoms with Crippen molar-refractivity contribution in [2.24, 2.45) is 0 Å². The molecule has 0 aliphatic carbocycles. The summed E-state index contributed by atoms with van der Waals surface area (Å²) in [5, 5.41) is 8.90. The van der Waals surface area contributed by atoms with Gasteiger partial charge in [-0.15, -0.1) is 0 Å². The van der Waals surface area contributed by atoms with Gasteiger partial charge in [0.15, 0.2) is 0 Å². The minimum Gasteiger partial charge on any atom is -0.344 e. The Labute approximate surface area is 103 Å². The third-order valence-electron chi connectivity index (χ3n) is 1.92. The number of benzene rings is 1. The summed E-state index contributed by atoms with van der Waals surface area (Å²) >= 11 is 3.33. The Hall–Kier alpha value is -1.60. The summed E-state index contributed by atoms with van der Waals surface area (Å²) in [7, 11) is 3.24. The first-order valence-corrected chi connectivity index (χ1v) is 5.43. The van der Waals surface area contributed by atoms with Crippen LogP contribution in [0.25, 0.3) is 6.08 Å². The molecule has 1 rings (SSSR count). The van der Waals surface area contributed by atoms with Crippen LogP contribution in [0.15, 0.2) is 34.3 Å². The Kier molecular flexibility index (Phi) is 4.27. The lowest BCUT2D eigenvalue weighted by Crippen LogP contribution is -2.22. The van der Waals surface area contributed by atoms with E-state index in [2.05, 4.69) is 15.9 Å². The normalized spacial score (nSPS) is 10.8. The van der Waals surface area contributed by atoms with Gasteiger partial charge in [0.25, 0.3) is 5.91 Å². The van der Waals surface area contributed by atoms with E-state index in [0.717, 1.165) is 10.0 Å². The Morgan fingerprint density at radius 1 is 1.50 bits per heavy atom. The predicted molar refractivity (Wildman–Crippen MR) is 66.4 cm³/mol. The molecule has 4 heteroatoms. The highest BCUT2D eigenvalue weighted by Crippen LogP contribution is 2.14. The fourth-order valence-electron chi connectivity index (χ4n) is 1.15. The average molecular weight is 279 g/mol. The van der Waals surface area contributed by atoms with Gasteiger partial charge in [-0.25, -0.2) is 0 Å². The van der Waals surface area contributed by atoms with Crippen molar-refractivity contribution >= 4 is 27.9 Å². The van der Waals surface area contributed by atoms with E-state index in [4.69, 9.17) is 5.26 Å². The highest BCUT2D eigenvalue weighted by atomic mass is 79.9. The van der Waals surface area contributed by atoms with Crippen molar-refractivity contribution in [3.8, 4) is 6.07 Å². The molecule has 1 aromatic carbocycles. The van der Waals surface area contributed by atoms with Crippen molar-refractivity contribution < 1.29 is 4.79 Å². The molecule has 0 radical (unpaired) electrons. The summed E-state index contributed by atoms with van der Waals surface area (Å²) < 4.78 is 0.913. The fraction of sp³-hybridized carbons (Fsp3) is 0.167. The molecule has 0 saturated carbocycles. The molecule has 82 valence electrons. The second-order valence-electron chi connectivity index (χ2n) is 3.42.